The van der Waals surface area contributed by atoms with E-state index in [2.05, 4.69) is 6.92 Å². The minimum atomic E-state index is -0.770. The third kappa shape index (κ3) is 1.87. The molecule has 0 radical (unpaired) electrons. The lowest BCUT2D eigenvalue weighted by Crippen LogP contribution is -2.43. The highest BCUT2D eigenvalue weighted by Gasteiger charge is 2.57. The monoisotopic (exact) mass is 235 g/mol. The molecule has 1 amide bonds. The lowest BCUT2D eigenvalue weighted by Gasteiger charge is -2.33. The normalized spacial score (nSPS) is 35.5. The molecule has 2 atom stereocenters. The van der Waals surface area contributed by atoms with Crippen LogP contribution >= 0.6 is 23.2 Å². The van der Waals surface area contributed by atoms with Crippen LogP contribution in [-0.4, -0.2) is 27.7 Å². The number of nitrogens with zero attached hydrogens (tertiary/aromatic N) is 1. The van der Waals surface area contributed by atoms with Crippen molar-refractivity contribution in [2.24, 2.45) is 5.92 Å². The molecule has 2 nitrogen and oxygen atoms in total. The Balaban J connectivity index is 1.97. The summed E-state index contributed by atoms with van der Waals surface area (Å²) in [6, 6.07) is 0.362. The van der Waals surface area contributed by atoms with Gasteiger partial charge in [-0.1, -0.05) is 0 Å². The van der Waals surface area contributed by atoms with Crippen molar-refractivity contribution >= 4 is 29.1 Å². The zero-order valence-corrected chi connectivity index (χ0v) is 9.81. The van der Waals surface area contributed by atoms with Crippen LogP contribution in [0, 0.1) is 5.92 Å². The Kier molecular flexibility index (Phi) is 2.69. The lowest BCUT2D eigenvalue weighted by atomic mass is 10.0. The van der Waals surface area contributed by atoms with E-state index in [-0.39, 0.29) is 11.8 Å². The number of piperidine rings is 1. The van der Waals surface area contributed by atoms with E-state index in [1.54, 1.807) is 0 Å². The Morgan fingerprint density at radius 1 is 1.43 bits per heavy atom. The molecule has 0 aromatic carbocycles. The molecule has 0 N–H and O–H groups in total. The first-order valence-electron chi connectivity index (χ1n) is 5.20. The highest BCUT2D eigenvalue weighted by molar-refractivity contribution is 6.52. The van der Waals surface area contributed by atoms with Crippen LogP contribution in [0.1, 0.15) is 32.6 Å². The van der Waals surface area contributed by atoms with E-state index in [9.17, 15) is 4.79 Å². The maximum absolute atomic E-state index is 11.9. The highest BCUT2D eigenvalue weighted by atomic mass is 35.5. The SMILES string of the molecule is CC1CCCCN1C(=O)C1CC1(Cl)Cl. The summed E-state index contributed by atoms with van der Waals surface area (Å²) in [5.41, 5.74) is 0. The Labute approximate surface area is 94.5 Å². The van der Waals surface area contributed by atoms with Gasteiger partial charge in [0.2, 0.25) is 5.91 Å². The number of carbonyl (C=O) groups excluding carboxylic acids is 1. The summed E-state index contributed by atoms with van der Waals surface area (Å²) >= 11 is 11.8. The fourth-order valence-electron chi connectivity index (χ4n) is 2.11. The largest absolute Gasteiger partial charge is 0.340 e. The zero-order valence-electron chi connectivity index (χ0n) is 8.30. The summed E-state index contributed by atoms with van der Waals surface area (Å²) in [5.74, 6) is 0.00795. The van der Waals surface area contributed by atoms with Gasteiger partial charge in [-0.25, -0.2) is 0 Å². The van der Waals surface area contributed by atoms with Gasteiger partial charge in [0.25, 0.3) is 0 Å². The molecule has 0 spiro atoms. The van der Waals surface area contributed by atoms with Crippen LogP contribution in [0.2, 0.25) is 0 Å². The molecule has 2 fully saturated rings. The number of alkyl halides is 2. The number of hydrogen-bond acceptors (Lipinski definition) is 1. The maximum atomic E-state index is 11.9. The average Bonchev–Trinajstić information content (AvgIpc) is 2.75. The minimum Gasteiger partial charge on any atom is -0.340 e. The number of amides is 1. The number of hydrogen-bond donors (Lipinski definition) is 0. The van der Waals surface area contributed by atoms with Crippen molar-refractivity contribution in [2.75, 3.05) is 6.54 Å². The van der Waals surface area contributed by atoms with E-state index >= 15 is 0 Å². The van der Waals surface area contributed by atoms with Crippen LogP contribution in [0.3, 0.4) is 0 Å². The molecule has 1 saturated heterocycles. The molecule has 2 rings (SSSR count). The zero-order chi connectivity index (χ0) is 10.3. The maximum Gasteiger partial charge on any atom is 0.229 e. The van der Waals surface area contributed by atoms with Gasteiger partial charge in [0.05, 0.1) is 5.92 Å². The van der Waals surface area contributed by atoms with E-state index in [0.29, 0.717) is 12.5 Å². The second-order valence-corrected chi connectivity index (χ2v) is 5.94. The highest BCUT2D eigenvalue weighted by Crippen LogP contribution is 2.54. The molecular weight excluding hydrogens is 221 g/mol. The smallest absolute Gasteiger partial charge is 0.229 e. The molecule has 14 heavy (non-hydrogen) atoms. The van der Waals surface area contributed by atoms with Crippen LogP contribution < -0.4 is 0 Å². The van der Waals surface area contributed by atoms with Gasteiger partial charge in [-0.05, 0) is 32.6 Å². The molecule has 2 aliphatic rings. The first kappa shape index (κ1) is 10.6. The van der Waals surface area contributed by atoms with E-state index < -0.39 is 4.33 Å². The Morgan fingerprint density at radius 3 is 2.57 bits per heavy atom. The lowest BCUT2D eigenvalue weighted by molar-refractivity contribution is -0.135. The van der Waals surface area contributed by atoms with Crippen LogP contribution in [0.15, 0.2) is 0 Å². The predicted octanol–water partition coefficient (Wildman–Crippen LogP) is 2.58. The fourth-order valence-corrected chi connectivity index (χ4v) is 2.60. The molecule has 0 aromatic rings. The summed E-state index contributed by atoms with van der Waals surface area (Å²) in [7, 11) is 0. The van der Waals surface area contributed by atoms with E-state index in [0.717, 1.165) is 19.4 Å². The van der Waals surface area contributed by atoms with Crippen LogP contribution in [0.5, 0.6) is 0 Å². The van der Waals surface area contributed by atoms with Crippen molar-refractivity contribution in [3.63, 3.8) is 0 Å². The van der Waals surface area contributed by atoms with Crippen molar-refractivity contribution in [1.29, 1.82) is 0 Å². The van der Waals surface area contributed by atoms with Gasteiger partial charge in [-0.15, -0.1) is 23.2 Å². The summed E-state index contributed by atoms with van der Waals surface area (Å²) in [6.45, 7) is 2.98. The number of halogens is 2. The standard InChI is InChI=1S/C10H15Cl2NO/c1-7-4-2-3-5-13(7)9(14)8-6-10(8,11)12/h7-8H,2-6H2,1H3. The van der Waals surface area contributed by atoms with E-state index in [1.807, 2.05) is 4.90 Å². The predicted molar refractivity (Wildman–Crippen MR) is 57.6 cm³/mol. The van der Waals surface area contributed by atoms with Gasteiger partial charge < -0.3 is 4.90 Å². The van der Waals surface area contributed by atoms with Gasteiger partial charge in [0.15, 0.2) is 0 Å². The van der Waals surface area contributed by atoms with E-state index in [4.69, 9.17) is 23.2 Å². The third-order valence-corrected chi connectivity index (χ3v) is 4.05. The molecule has 1 heterocycles. The van der Waals surface area contributed by atoms with Crippen molar-refractivity contribution in [2.45, 2.75) is 43.0 Å². The van der Waals surface area contributed by atoms with Crippen molar-refractivity contribution in [3.8, 4) is 0 Å². The molecule has 1 saturated carbocycles. The second-order valence-electron chi connectivity index (χ2n) is 4.39. The van der Waals surface area contributed by atoms with Crippen molar-refractivity contribution < 1.29 is 4.79 Å². The summed E-state index contributed by atoms with van der Waals surface area (Å²) in [5, 5.41) is 0. The minimum absolute atomic E-state index is 0.147. The molecule has 1 aliphatic heterocycles. The summed E-state index contributed by atoms with van der Waals surface area (Å²) in [4.78, 5) is 13.9. The molecular formula is C10H15Cl2NO. The van der Waals surface area contributed by atoms with Crippen molar-refractivity contribution in [1.82, 2.24) is 4.90 Å². The summed E-state index contributed by atoms with van der Waals surface area (Å²) < 4.78 is -0.770. The van der Waals surface area contributed by atoms with Crippen LogP contribution in [0.4, 0.5) is 0 Å². The molecule has 0 aromatic heterocycles. The quantitative estimate of drug-likeness (QED) is 0.641. The molecule has 80 valence electrons. The molecule has 2 unspecified atom stereocenters. The number of rotatable bonds is 1. The Bertz CT molecular complexity index is 255. The average molecular weight is 236 g/mol. The van der Waals surface area contributed by atoms with Crippen molar-refractivity contribution in [3.05, 3.63) is 0 Å². The third-order valence-electron chi connectivity index (χ3n) is 3.21. The Hall–Kier alpha value is 0.0500. The van der Waals surface area contributed by atoms with Crippen LogP contribution in [-0.2, 0) is 4.79 Å². The fraction of sp³-hybridized carbons (Fsp3) is 0.900. The van der Waals surface area contributed by atoms with Gasteiger partial charge in [0.1, 0.15) is 4.33 Å². The molecule has 0 bridgehead atoms. The molecule has 4 heteroatoms. The van der Waals surface area contributed by atoms with Gasteiger partial charge in [-0.2, -0.15) is 0 Å². The first-order valence-corrected chi connectivity index (χ1v) is 5.96. The number of carbonyl (C=O) groups is 1. The van der Waals surface area contributed by atoms with Gasteiger partial charge >= 0.3 is 0 Å². The Morgan fingerprint density at radius 2 is 2.07 bits per heavy atom. The molecule has 1 aliphatic carbocycles. The van der Waals surface area contributed by atoms with Gasteiger partial charge in [-0.3, -0.25) is 4.79 Å². The van der Waals surface area contributed by atoms with Gasteiger partial charge in [0, 0.05) is 12.6 Å². The van der Waals surface area contributed by atoms with E-state index in [1.165, 1.54) is 6.42 Å². The summed E-state index contributed by atoms with van der Waals surface area (Å²) in [6.07, 6.45) is 4.07. The second kappa shape index (κ2) is 3.57. The van der Waals surface area contributed by atoms with Crippen LogP contribution in [0.25, 0.3) is 0 Å². The first-order chi connectivity index (χ1) is 6.52. The topological polar surface area (TPSA) is 20.3 Å². The number of likely N-dealkylation sites (tertiary alicyclic amines) is 1.